The van der Waals surface area contributed by atoms with Crippen molar-refractivity contribution in [2.24, 2.45) is 5.92 Å². The molecule has 2 unspecified atom stereocenters. The first-order chi connectivity index (χ1) is 13.0. The van der Waals surface area contributed by atoms with E-state index in [-0.39, 0.29) is 24.3 Å². The lowest BCUT2D eigenvalue weighted by atomic mass is 9.98. The molecule has 2 N–H and O–H groups in total. The van der Waals surface area contributed by atoms with E-state index in [0.717, 1.165) is 5.56 Å². The largest absolute Gasteiger partial charge is 0.463 e. The van der Waals surface area contributed by atoms with Gasteiger partial charge in [0, 0.05) is 35.7 Å². The van der Waals surface area contributed by atoms with Gasteiger partial charge in [0.2, 0.25) is 11.8 Å². The summed E-state index contributed by atoms with van der Waals surface area (Å²) in [7, 11) is 0. The fraction of sp³-hybridized carbons (Fsp3) is 0.350. The first-order valence-corrected chi connectivity index (χ1v) is 9.22. The number of hydrogen-bond acceptors (Lipinski definition) is 4. The van der Waals surface area contributed by atoms with Gasteiger partial charge in [0.25, 0.3) is 0 Å². The van der Waals surface area contributed by atoms with Gasteiger partial charge in [-0.2, -0.15) is 0 Å². The molecule has 1 saturated heterocycles. The highest BCUT2D eigenvalue weighted by molar-refractivity contribution is 6.30. The predicted molar refractivity (Wildman–Crippen MR) is 104 cm³/mol. The molecule has 2 rings (SSSR count). The molecule has 27 heavy (non-hydrogen) atoms. The van der Waals surface area contributed by atoms with Crippen LogP contribution in [-0.4, -0.2) is 37.0 Å². The SMILES string of the molecule is CCOC(=O)/C=C/C(CC1CCNC1=O)NC(=O)/C=C/c1ccc(Cl)cc1. The van der Waals surface area contributed by atoms with Crippen molar-refractivity contribution in [2.45, 2.75) is 25.8 Å². The quantitative estimate of drug-likeness (QED) is 0.527. The molecular formula is C20H23ClN2O4. The minimum absolute atomic E-state index is 0.0320. The number of benzene rings is 1. The minimum Gasteiger partial charge on any atom is -0.463 e. The highest BCUT2D eigenvalue weighted by Crippen LogP contribution is 2.17. The Morgan fingerprint density at radius 2 is 2.07 bits per heavy atom. The normalized spacial score (nSPS) is 17.9. The Labute approximate surface area is 163 Å². The molecule has 6 nitrogen and oxygen atoms in total. The van der Waals surface area contributed by atoms with Gasteiger partial charge in [-0.05, 0) is 43.5 Å². The predicted octanol–water partition coefficient (Wildman–Crippen LogP) is 2.48. The maximum absolute atomic E-state index is 12.2. The van der Waals surface area contributed by atoms with Crippen molar-refractivity contribution >= 4 is 35.5 Å². The zero-order valence-electron chi connectivity index (χ0n) is 15.1. The van der Waals surface area contributed by atoms with Crippen LogP contribution in [-0.2, 0) is 19.1 Å². The first kappa shape index (κ1) is 20.7. The Bertz CT molecular complexity index is 728. The van der Waals surface area contributed by atoms with E-state index in [1.807, 2.05) is 0 Å². The highest BCUT2D eigenvalue weighted by atomic mass is 35.5. The third kappa shape index (κ3) is 7.27. The number of carbonyl (C=O) groups excluding carboxylic acids is 3. The van der Waals surface area contributed by atoms with Gasteiger partial charge in [0.15, 0.2) is 0 Å². The van der Waals surface area contributed by atoms with Crippen LogP contribution >= 0.6 is 11.6 Å². The van der Waals surface area contributed by atoms with Gasteiger partial charge >= 0.3 is 5.97 Å². The van der Waals surface area contributed by atoms with E-state index in [1.54, 1.807) is 43.3 Å². The van der Waals surface area contributed by atoms with Crippen molar-refractivity contribution in [1.29, 1.82) is 0 Å². The topological polar surface area (TPSA) is 84.5 Å². The van der Waals surface area contributed by atoms with Gasteiger partial charge in [0.1, 0.15) is 0 Å². The zero-order valence-corrected chi connectivity index (χ0v) is 15.9. The van der Waals surface area contributed by atoms with Crippen LogP contribution in [0.25, 0.3) is 6.08 Å². The van der Waals surface area contributed by atoms with Crippen molar-refractivity contribution in [3.05, 3.63) is 53.1 Å². The Balaban J connectivity index is 2.00. The second-order valence-electron chi connectivity index (χ2n) is 6.12. The van der Waals surface area contributed by atoms with E-state index in [9.17, 15) is 14.4 Å². The lowest BCUT2D eigenvalue weighted by molar-refractivity contribution is -0.137. The van der Waals surface area contributed by atoms with Gasteiger partial charge in [0.05, 0.1) is 6.61 Å². The van der Waals surface area contributed by atoms with Crippen LogP contribution in [0.2, 0.25) is 5.02 Å². The molecule has 1 aromatic carbocycles. The number of rotatable bonds is 8. The minimum atomic E-state index is -0.482. The molecule has 1 aromatic rings. The second-order valence-corrected chi connectivity index (χ2v) is 6.56. The van der Waals surface area contributed by atoms with E-state index in [2.05, 4.69) is 10.6 Å². The second kappa shape index (κ2) is 10.5. The summed E-state index contributed by atoms with van der Waals surface area (Å²) in [4.78, 5) is 35.6. The van der Waals surface area contributed by atoms with E-state index >= 15 is 0 Å². The first-order valence-electron chi connectivity index (χ1n) is 8.84. The molecule has 0 aromatic heterocycles. The summed E-state index contributed by atoms with van der Waals surface area (Å²) in [5.41, 5.74) is 0.836. The highest BCUT2D eigenvalue weighted by Gasteiger charge is 2.26. The molecule has 0 aliphatic carbocycles. The van der Waals surface area contributed by atoms with Crippen molar-refractivity contribution in [1.82, 2.24) is 10.6 Å². The third-order valence-electron chi connectivity index (χ3n) is 4.08. The number of halogens is 1. The van der Waals surface area contributed by atoms with Crippen LogP contribution in [0.3, 0.4) is 0 Å². The van der Waals surface area contributed by atoms with Crippen molar-refractivity contribution in [2.75, 3.05) is 13.2 Å². The molecule has 1 aliphatic rings. The number of ether oxygens (including phenoxy) is 1. The van der Waals surface area contributed by atoms with E-state index in [1.165, 1.54) is 12.2 Å². The fourth-order valence-corrected chi connectivity index (χ4v) is 2.85. The standard InChI is InChI=1S/C20H23ClN2O4/c1-2-27-19(25)10-8-17(13-15-11-12-22-20(15)26)23-18(24)9-5-14-3-6-16(21)7-4-14/h3-10,15,17H,2,11-13H2,1H3,(H,22,26)(H,23,24)/b9-5+,10-8+. The number of nitrogens with one attached hydrogen (secondary N) is 2. The van der Waals surface area contributed by atoms with Crippen LogP contribution < -0.4 is 10.6 Å². The van der Waals surface area contributed by atoms with Crippen LogP contribution in [0.5, 0.6) is 0 Å². The monoisotopic (exact) mass is 390 g/mol. The van der Waals surface area contributed by atoms with Crippen LogP contribution in [0.1, 0.15) is 25.3 Å². The molecule has 2 amide bonds. The Kier molecular flexibility index (Phi) is 8.07. The van der Waals surface area contributed by atoms with E-state index in [0.29, 0.717) is 24.4 Å². The van der Waals surface area contributed by atoms with E-state index in [4.69, 9.17) is 16.3 Å². The average Bonchev–Trinajstić information content (AvgIpc) is 3.04. The Morgan fingerprint density at radius 1 is 1.33 bits per heavy atom. The summed E-state index contributed by atoms with van der Waals surface area (Å²) in [5, 5.41) is 6.21. The Morgan fingerprint density at radius 3 is 2.70 bits per heavy atom. The van der Waals surface area contributed by atoms with Gasteiger partial charge < -0.3 is 15.4 Å². The summed E-state index contributed by atoms with van der Waals surface area (Å²) in [6, 6.07) is 6.62. The van der Waals surface area contributed by atoms with E-state index < -0.39 is 12.0 Å². The average molecular weight is 391 g/mol. The zero-order chi connectivity index (χ0) is 19.6. The lowest BCUT2D eigenvalue weighted by Crippen LogP contribution is -2.35. The summed E-state index contributed by atoms with van der Waals surface area (Å²) in [6.45, 7) is 2.62. The Hall–Kier alpha value is -2.60. The van der Waals surface area contributed by atoms with Crippen LogP contribution in [0.15, 0.2) is 42.5 Å². The molecule has 1 aliphatic heterocycles. The summed E-state index contributed by atoms with van der Waals surface area (Å²) in [5.74, 6) is -1.02. The summed E-state index contributed by atoms with van der Waals surface area (Å²) >= 11 is 5.84. The molecule has 0 bridgehead atoms. The number of amides is 2. The summed E-state index contributed by atoms with van der Waals surface area (Å²) < 4.78 is 4.86. The van der Waals surface area contributed by atoms with Crippen molar-refractivity contribution in [3.63, 3.8) is 0 Å². The molecule has 0 saturated carbocycles. The van der Waals surface area contributed by atoms with Gasteiger partial charge in [-0.3, -0.25) is 9.59 Å². The number of hydrogen-bond donors (Lipinski definition) is 2. The third-order valence-corrected chi connectivity index (χ3v) is 4.33. The maximum atomic E-state index is 12.2. The molecule has 7 heteroatoms. The van der Waals surface area contributed by atoms with Gasteiger partial charge in [-0.15, -0.1) is 0 Å². The molecule has 1 heterocycles. The van der Waals surface area contributed by atoms with Crippen LogP contribution in [0.4, 0.5) is 0 Å². The fourth-order valence-electron chi connectivity index (χ4n) is 2.72. The molecular weight excluding hydrogens is 368 g/mol. The van der Waals surface area contributed by atoms with Gasteiger partial charge in [-0.1, -0.05) is 29.8 Å². The van der Waals surface area contributed by atoms with Crippen molar-refractivity contribution < 1.29 is 19.1 Å². The number of carbonyl (C=O) groups is 3. The van der Waals surface area contributed by atoms with Crippen LogP contribution in [0, 0.1) is 5.92 Å². The van der Waals surface area contributed by atoms with Gasteiger partial charge in [-0.25, -0.2) is 4.79 Å². The lowest BCUT2D eigenvalue weighted by Gasteiger charge is -2.17. The molecule has 144 valence electrons. The summed E-state index contributed by atoms with van der Waals surface area (Å²) in [6.07, 6.45) is 7.05. The smallest absolute Gasteiger partial charge is 0.330 e. The molecule has 1 fully saturated rings. The number of esters is 1. The molecule has 2 atom stereocenters. The molecule has 0 radical (unpaired) electrons. The van der Waals surface area contributed by atoms with Crippen molar-refractivity contribution in [3.8, 4) is 0 Å². The molecule has 0 spiro atoms. The maximum Gasteiger partial charge on any atom is 0.330 e.